The van der Waals surface area contributed by atoms with Crippen LogP contribution in [0.4, 0.5) is 0 Å². The molecule has 0 amide bonds. The minimum atomic E-state index is -0.439. The summed E-state index contributed by atoms with van der Waals surface area (Å²) in [6.07, 6.45) is 14.7. The number of carbonyl (C=O) groups is 1. The third-order valence-corrected chi connectivity index (χ3v) is 5.50. The Hall–Kier alpha value is -0.570. The van der Waals surface area contributed by atoms with Gasteiger partial charge in [-0.25, -0.2) is 0 Å². The lowest BCUT2D eigenvalue weighted by atomic mass is 9.72. The Morgan fingerprint density at radius 1 is 0.913 bits per heavy atom. The second-order valence-corrected chi connectivity index (χ2v) is 8.61. The van der Waals surface area contributed by atoms with Crippen LogP contribution < -0.4 is 5.32 Å². The van der Waals surface area contributed by atoms with Crippen LogP contribution in [0.15, 0.2) is 0 Å². The SMILES string of the molecule is CC(C)(C)OC(=O)C1(C2CCCCCCC2)CCCCCCN1. The summed E-state index contributed by atoms with van der Waals surface area (Å²) in [6.45, 7) is 6.91. The zero-order valence-electron chi connectivity index (χ0n) is 15.6. The predicted molar refractivity (Wildman–Crippen MR) is 95.5 cm³/mol. The normalized spacial score (nSPS) is 29.0. The molecule has 1 saturated heterocycles. The first kappa shape index (κ1) is 18.8. The van der Waals surface area contributed by atoms with Gasteiger partial charge in [-0.05, 0) is 58.9 Å². The van der Waals surface area contributed by atoms with E-state index in [1.54, 1.807) is 0 Å². The molecule has 0 aromatic carbocycles. The van der Waals surface area contributed by atoms with Gasteiger partial charge >= 0.3 is 5.97 Å². The van der Waals surface area contributed by atoms with E-state index in [2.05, 4.69) is 5.32 Å². The molecule has 3 heteroatoms. The van der Waals surface area contributed by atoms with Crippen LogP contribution in [0.25, 0.3) is 0 Å². The minimum absolute atomic E-state index is 0.0115. The molecule has 1 N–H and O–H groups in total. The van der Waals surface area contributed by atoms with Crippen LogP contribution in [0.1, 0.15) is 97.8 Å². The lowest BCUT2D eigenvalue weighted by molar-refractivity contribution is -0.167. The number of hydrogen-bond donors (Lipinski definition) is 1. The van der Waals surface area contributed by atoms with Crippen LogP contribution in [0.3, 0.4) is 0 Å². The maximum atomic E-state index is 13.2. The fourth-order valence-electron chi connectivity index (χ4n) is 4.29. The molecular formula is C20H37NO2. The average molecular weight is 324 g/mol. The van der Waals surface area contributed by atoms with Crippen molar-refractivity contribution in [2.24, 2.45) is 5.92 Å². The van der Waals surface area contributed by atoms with E-state index in [0.717, 1.165) is 19.4 Å². The Morgan fingerprint density at radius 2 is 1.48 bits per heavy atom. The van der Waals surface area contributed by atoms with Gasteiger partial charge in [-0.15, -0.1) is 0 Å². The molecular weight excluding hydrogens is 286 g/mol. The molecule has 0 spiro atoms. The summed E-state index contributed by atoms with van der Waals surface area (Å²) in [5, 5.41) is 3.70. The molecule has 1 aliphatic heterocycles. The van der Waals surface area contributed by atoms with E-state index >= 15 is 0 Å². The van der Waals surface area contributed by atoms with E-state index in [-0.39, 0.29) is 5.97 Å². The summed E-state index contributed by atoms with van der Waals surface area (Å²) in [7, 11) is 0. The maximum Gasteiger partial charge on any atom is 0.327 e. The number of rotatable bonds is 2. The highest BCUT2D eigenvalue weighted by Gasteiger charge is 2.47. The van der Waals surface area contributed by atoms with E-state index in [0.29, 0.717) is 5.92 Å². The van der Waals surface area contributed by atoms with E-state index in [4.69, 9.17) is 4.74 Å². The molecule has 3 nitrogen and oxygen atoms in total. The minimum Gasteiger partial charge on any atom is -0.459 e. The molecule has 2 rings (SSSR count). The summed E-state index contributed by atoms with van der Waals surface area (Å²) in [6, 6.07) is 0. The maximum absolute atomic E-state index is 13.2. The zero-order chi connectivity index (χ0) is 16.8. The van der Waals surface area contributed by atoms with Gasteiger partial charge in [0.15, 0.2) is 0 Å². The van der Waals surface area contributed by atoms with E-state index in [1.165, 1.54) is 64.2 Å². The van der Waals surface area contributed by atoms with Gasteiger partial charge in [0, 0.05) is 0 Å². The van der Waals surface area contributed by atoms with Gasteiger partial charge in [0.1, 0.15) is 11.1 Å². The Balaban J connectivity index is 2.22. The fourth-order valence-corrected chi connectivity index (χ4v) is 4.29. The van der Waals surface area contributed by atoms with E-state index in [1.807, 2.05) is 20.8 Å². The molecule has 0 bridgehead atoms. The molecule has 2 fully saturated rings. The third kappa shape index (κ3) is 5.48. The highest BCUT2D eigenvalue weighted by atomic mass is 16.6. The first-order valence-electron chi connectivity index (χ1n) is 9.92. The smallest absolute Gasteiger partial charge is 0.327 e. The molecule has 0 radical (unpaired) electrons. The highest BCUT2D eigenvalue weighted by molar-refractivity contribution is 5.81. The van der Waals surface area contributed by atoms with Crippen LogP contribution in [-0.4, -0.2) is 23.7 Å². The van der Waals surface area contributed by atoms with Gasteiger partial charge in [0.05, 0.1) is 0 Å². The van der Waals surface area contributed by atoms with Gasteiger partial charge in [-0.2, -0.15) is 0 Å². The largest absolute Gasteiger partial charge is 0.459 e. The summed E-state index contributed by atoms with van der Waals surface area (Å²) in [5.41, 5.74) is -0.846. The number of nitrogens with one attached hydrogen (secondary N) is 1. The Morgan fingerprint density at radius 3 is 2.13 bits per heavy atom. The second kappa shape index (κ2) is 8.50. The number of esters is 1. The van der Waals surface area contributed by atoms with Gasteiger partial charge in [0.2, 0.25) is 0 Å². The van der Waals surface area contributed by atoms with E-state index in [9.17, 15) is 4.79 Å². The quantitative estimate of drug-likeness (QED) is 0.728. The van der Waals surface area contributed by atoms with Crippen molar-refractivity contribution in [3.8, 4) is 0 Å². The van der Waals surface area contributed by atoms with Crippen molar-refractivity contribution in [2.75, 3.05) is 6.54 Å². The van der Waals surface area contributed by atoms with Gasteiger partial charge in [-0.1, -0.05) is 51.4 Å². The molecule has 1 aliphatic carbocycles. The average Bonchev–Trinajstić information content (AvgIpc) is 2.37. The van der Waals surface area contributed by atoms with Crippen molar-refractivity contribution in [1.29, 1.82) is 0 Å². The molecule has 0 aromatic heterocycles. The van der Waals surface area contributed by atoms with Crippen molar-refractivity contribution in [3.05, 3.63) is 0 Å². The molecule has 1 heterocycles. The van der Waals surface area contributed by atoms with Gasteiger partial charge in [0.25, 0.3) is 0 Å². The van der Waals surface area contributed by atoms with Crippen LogP contribution in [0, 0.1) is 5.92 Å². The summed E-state index contributed by atoms with van der Waals surface area (Å²) >= 11 is 0. The van der Waals surface area contributed by atoms with E-state index < -0.39 is 11.1 Å². The first-order valence-corrected chi connectivity index (χ1v) is 9.92. The lowest BCUT2D eigenvalue weighted by Gasteiger charge is -2.43. The zero-order valence-corrected chi connectivity index (χ0v) is 15.6. The van der Waals surface area contributed by atoms with Gasteiger partial charge in [-0.3, -0.25) is 4.79 Å². The lowest BCUT2D eigenvalue weighted by Crippen LogP contribution is -2.60. The van der Waals surface area contributed by atoms with Crippen molar-refractivity contribution in [1.82, 2.24) is 5.32 Å². The van der Waals surface area contributed by atoms with Crippen LogP contribution in [-0.2, 0) is 9.53 Å². The van der Waals surface area contributed by atoms with Crippen LogP contribution in [0.5, 0.6) is 0 Å². The highest BCUT2D eigenvalue weighted by Crippen LogP contribution is 2.37. The standard InChI is InChI=1S/C20H37NO2/c1-19(2,3)23-18(22)20(15-11-7-8-12-16-21-20)17-13-9-5-4-6-10-14-17/h17,21H,4-16H2,1-3H3. The topological polar surface area (TPSA) is 38.3 Å². The van der Waals surface area contributed by atoms with Crippen LogP contribution >= 0.6 is 0 Å². The number of hydrogen-bond acceptors (Lipinski definition) is 3. The number of ether oxygens (including phenoxy) is 1. The Labute approximate surface area is 142 Å². The van der Waals surface area contributed by atoms with Crippen molar-refractivity contribution >= 4 is 5.97 Å². The predicted octanol–water partition coefficient (Wildman–Crippen LogP) is 4.98. The van der Waals surface area contributed by atoms with Gasteiger partial charge < -0.3 is 10.1 Å². The van der Waals surface area contributed by atoms with Crippen molar-refractivity contribution in [3.63, 3.8) is 0 Å². The monoisotopic (exact) mass is 323 g/mol. The molecule has 2 aliphatic rings. The Kier molecular flexibility index (Phi) is 6.94. The summed E-state index contributed by atoms with van der Waals surface area (Å²) in [5.74, 6) is 0.452. The summed E-state index contributed by atoms with van der Waals surface area (Å²) in [4.78, 5) is 13.2. The third-order valence-electron chi connectivity index (χ3n) is 5.50. The number of carbonyl (C=O) groups excluding carboxylic acids is 1. The Bertz CT molecular complexity index is 356. The molecule has 1 saturated carbocycles. The molecule has 1 unspecified atom stereocenters. The molecule has 23 heavy (non-hydrogen) atoms. The molecule has 0 aromatic rings. The van der Waals surface area contributed by atoms with Crippen molar-refractivity contribution < 1.29 is 9.53 Å². The second-order valence-electron chi connectivity index (χ2n) is 8.61. The molecule has 134 valence electrons. The summed E-state index contributed by atoms with van der Waals surface area (Å²) < 4.78 is 5.90. The fraction of sp³-hybridized carbons (Fsp3) is 0.950. The van der Waals surface area contributed by atoms with Crippen molar-refractivity contribution in [2.45, 2.75) is 109 Å². The molecule has 1 atom stereocenters. The first-order chi connectivity index (χ1) is 10.9. The van der Waals surface area contributed by atoms with Crippen LogP contribution in [0.2, 0.25) is 0 Å².